The van der Waals surface area contributed by atoms with Crippen LogP contribution in [0.3, 0.4) is 0 Å². The minimum absolute atomic E-state index is 0.127. The Bertz CT molecular complexity index is 211. The van der Waals surface area contributed by atoms with Gasteiger partial charge in [0.1, 0.15) is 0 Å². The van der Waals surface area contributed by atoms with Gasteiger partial charge in [-0.05, 0) is 31.7 Å². The topological polar surface area (TPSA) is 49.3 Å². The Labute approximate surface area is 84.9 Å². The van der Waals surface area contributed by atoms with Crippen LogP contribution in [0, 0.1) is 11.8 Å². The molecule has 1 aliphatic carbocycles. The quantitative estimate of drug-likeness (QED) is 0.707. The second kappa shape index (κ2) is 4.30. The molecule has 0 aromatic carbocycles. The molecular weight excluding hydrogens is 178 g/mol. The molecule has 0 bridgehead atoms. The monoisotopic (exact) mass is 197 g/mol. The van der Waals surface area contributed by atoms with Crippen molar-refractivity contribution in [3.63, 3.8) is 0 Å². The summed E-state index contributed by atoms with van der Waals surface area (Å²) in [4.78, 5) is 11.0. The van der Waals surface area contributed by atoms with E-state index in [4.69, 9.17) is 5.11 Å². The van der Waals surface area contributed by atoms with Crippen molar-refractivity contribution in [1.82, 2.24) is 5.32 Å². The standard InChI is InChI=1S/C11H19NO2/c13-11(14)9-6-7-12-10(9)8-4-2-1-3-5-8/h8-10,12H,1-7H2,(H,13,14)/t9-,10+/m1/s1. The highest BCUT2D eigenvalue weighted by Gasteiger charge is 2.37. The molecule has 3 heteroatoms. The maximum absolute atomic E-state index is 11.0. The lowest BCUT2D eigenvalue weighted by atomic mass is 9.79. The fourth-order valence-corrected chi connectivity index (χ4v) is 2.99. The SMILES string of the molecule is O=C(O)[C@@H]1CCN[C@H]1C1CCCCC1. The van der Waals surface area contributed by atoms with E-state index in [-0.39, 0.29) is 12.0 Å². The van der Waals surface area contributed by atoms with Crippen LogP contribution in [0.5, 0.6) is 0 Å². The van der Waals surface area contributed by atoms with Crippen LogP contribution in [0.4, 0.5) is 0 Å². The van der Waals surface area contributed by atoms with Gasteiger partial charge in [0.2, 0.25) is 0 Å². The van der Waals surface area contributed by atoms with Crippen molar-refractivity contribution in [2.75, 3.05) is 6.54 Å². The average Bonchev–Trinajstić information content (AvgIpc) is 2.67. The predicted octanol–water partition coefficient (Wildman–Crippen LogP) is 1.63. The van der Waals surface area contributed by atoms with Crippen LogP contribution < -0.4 is 5.32 Å². The van der Waals surface area contributed by atoms with E-state index in [0.717, 1.165) is 13.0 Å². The van der Waals surface area contributed by atoms with Gasteiger partial charge in [-0.2, -0.15) is 0 Å². The maximum Gasteiger partial charge on any atom is 0.308 e. The number of carboxylic acid groups (broad SMARTS) is 1. The van der Waals surface area contributed by atoms with Gasteiger partial charge in [0.25, 0.3) is 0 Å². The van der Waals surface area contributed by atoms with Crippen molar-refractivity contribution in [2.24, 2.45) is 11.8 Å². The second-order valence-electron chi connectivity index (χ2n) is 4.61. The van der Waals surface area contributed by atoms with Crippen molar-refractivity contribution in [1.29, 1.82) is 0 Å². The molecule has 14 heavy (non-hydrogen) atoms. The third kappa shape index (κ3) is 1.92. The molecular formula is C11H19NO2. The normalized spacial score (nSPS) is 34.6. The first kappa shape index (κ1) is 9.97. The highest BCUT2D eigenvalue weighted by Crippen LogP contribution is 2.32. The van der Waals surface area contributed by atoms with E-state index < -0.39 is 5.97 Å². The van der Waals surface area contributed by atoms with Crippen LogP contribution in [-0.4, -0.2) is 23.7 Å². The fourth-order valence-electron chi connectivity index (χ4n) is 2.99. The first-order valence-corrected chi connectivity index (χ1v) is 5.75. The molecule has 3 nitrogen and oxygen atoms in total. The van der Waals surface area contributed by atoms with Gasteiger partial charge in [0.15, 0.2) is 0 Å². The minimum atomic E-state index is -0.606. The van der Waals surface area contributed by atoms with Crippen LogP contribution in [0.2, 0.25) is 0 Å². The van der Waals surface area contributed by atoms with Gasteiger partial charge in [-0.25, -0.2) is 0 Å². The van der Waals surface area contributed by atoms with Gasteiger partial charge in [0.05, 0.1) is 5.92 Å². The third-order valence-corrected chi connectivity index (χ3v) is 3.74. The molecule has 0 unspecified atom stereocenters. The number of hydrogen-bond donors (Lipinski definition) is 2. The van der Waals surface area contributed by atoms with E-state index in [9.17, 15) is 4.79 Å². The molecule has 2 N–H and O–H groups in total. The van der Waals surface area contributed by atoms with Gasteiger partial charge in [-0.3, -0.25) is 4.79 Å². The summed E-state index contributed by atoms with van der Waals surface area (Å²) in [6.45, 7) is 0.887. The molecule has 1 saturated heterocycles. The summed E-state index contributed by atoms with van der Waals surface area (Å²) >= 11 is 0. The summed E-state index contributed by atoms with van der Waals surface area (Å²) in [5.74, 6) is -0.115. The zero-order valence-electron chi connectivity index (χ0n) is 8.54. The first-order valence-electron chi connectivity index (χ1n) is 5.75. The number of carbonyl (C=O) groups is 1. The van der Waals surface area contributed by atoms with Crippen LogP contribution in [0.1, 0.15) is 38.5 Å². The van der Waals surface area contributed by atoms with E-state index in [1.807, 2.05) is 0 Å². The number of nitrogens with one attached hydrogen (secondary N) is 1. The molecule has 2 aliphatic rings. The molecule has 0 spiro atoms. The van der Waals surface area contributed by atoms with E-state index in [2.05, 4.69) is 5.32 Å². The molecule has 0 amide bonds. The Kier molecular flexibility index (Phi) is 3.06. The summed E-state index contributed by atoms with van der Waals surface area (Å²) in [6, 6.07) is 0.257. The van der Waals surface area contributed by atoms with Gasteiger partial charge in [-0.1, -0.05) is 19.3 Å². The average molecular weight is 197 g/mol. The highest BCUT2D eigenvalue weighted by molar-refractivity contribution is 5.71. The Morgan fingerprint density at radius 3 is 2.50 bits per heavy atom. The molecule has 2 atom stereocenters. The molecule has 1 saturated carbocycles. The van der Waals surface area contributed by atoms with E-state index in [1.165, 1.54) is 32.1 Å². The van der Waals surface area contributed by atoms with Crippen LogP contribution >= 0.6 is 0 Å². The van der Waals surface area contributed by atoms with Crippen LogP contribution in [0.15, 0.2) is 0 Å². The Hall–Kier alpha value is -0.570. The number of rotatable bonds is 2. The van der Waals surface area contributed by atoms with E-state index in [1.54, 1.807) is 0 Å². The lowest BCUT2D eigenvalue weighted by Gasteiger charge is -2.29. The van der Waals surface area contributed by atoms with Crippen molar-refractivity contribution in [2.45, 2.75) is 44.6 Å². The van der Waals surface area contributed by atoms with Crippen LogP contribution in [0.25, 0.3) is 0 Å². The van der Waals surface area contributed by atoms with Crippen molar-refractivity contribution in [3.8, 4) is 0 Å². The molecule has 80 valence electrons. The minimum Gasteiger partial charge on any atom is -0.481 e. The van der Waals surface area contributed by atoms with Gasteiger partial charge < -0.3 is 10.4 Å². The molecule has 0 radical (unpaired) electrons. The molecule has 2 rings (SSSR count). The van der Waals surface area contributed by atoms with E-state index in [0.29, 0.717) is 5.92 Å². The number of carboxylic acids is 1. The zero-order valence-corrected chi connectivity index (χ0v) is 8.54. The van der Waals surface area contributed by atoms with Crippen LogP contribution in [-0.2, 0) is 4.79 Å². The molecule has 0 aromatic rings. The highest BCUT2D eigenvalue weighted by atomic mass is 16.4. The summed E-state index contributed by atoms with van der Waals surface area (Å²) in [5, 5.41) is 12.5. The molecule has 1 heterocycles. The van der Waals surface area contributed by atoms with Crippen molar-refractivity contribution >= 4 is 5.97 Å². The Morgan fingerprint density at radius 1 is 1.14 bits per heavy atom. The fraction of sp³-hybridized carbons (Fsp3) is 0.909. The van der Waals surface area contributed by atoms with Gasteiger partial charge >= 0.3 is 5.97 Å². The number of aliphatic carboxylic acids is 1. The van der Waals surface area contributed by atoms with Crippen molar-refractivity contribution < 1.29 is 9.90 Å². The first-order chi connectivity index (χ1) is 6.79. The summed E-state index contributed by atoms with van der Waals surface area (Å²) < 4.78 is 0. The molecule has 1 aliphatic heterocycles. The van der Waals surface area contributed by atoms with Gasteiger partial charge in [0, 0.05) is 6.04 Å². The third-order valence-electron chi connectivity index (χ3n) is 3.74. The lowest BCUT2D eigenvalue weighted by molar-refractivity contribution is -0.142. The van der Waals surface area contributed by atoms with Crippen molar-refractivity contribution in [3.05, 3.63) is 0 Å². The molecule has 2 fully saturated rings. The summed E-state index contributed by atoms with van der Waals surface area (Å²) in [7, 11) is 0. The zero-order chi connectivity index (χ0) is 9.97. The second-order valence-corrected chi connectivity index (χ2v) is 4.61. The summed E-state index contributed by atoms with van der Waals surface area (Å²) in [5.41, 5.74) is 0. The smallest absolute Gasteiger partial charge is 0.308 e. The Morgan fingerprint density at radius 2 is 1.86 bits per heavy atom. The predicted molar refractivity (Wildman–Crippen MR) is 54.1 cm³/mol. The Balaban J connectivity index is 1.97. The lowest BCUT2D eigenvalue weighted by Crippen LogP contribution is -2.39. The van der Waals surface area contributed by atoms with Gasteiger partial charge in [-0.15, -0.1) is 0 Å². The summed E-state index contributed by atoms with van der Waals surface area (Å²) in [6.07, 6.45) is 7.17. The maximum atomic E-state index is 11.0. The number of hydrogen-bond acceptors (Lipinski definition) is 2. The largest absolute Gasteiger partial charge is 0.481 e. The molecule has 0 aromatic heterocycles. The van der Waals surface area contributed by atoms with E-state index >= 15 is 0 Å².